The minimum absolute atomic E-state index is 0.126. The number of carbonyl (C=O) groups is 1. The quantitative estimate of drug-likeness (QED) is 0.180. The first-order chi connectivity index (χ1) is 26.6. The Bertz CT molecular complexity index is 1700. The van der Waals surface area contributed by atoms with E-state index in [1.165, 1.54) is 0 Å². The molecule has 2 aliphatic heterocycles. The molecule has 1 N–H and O–H groups in total. The van der Waals surface area contributed by atoms with Crippen molar-refractivity contribution in [1.82, 2.24) is 19.8 Å². The van der Waals surface area contributed by atoms with Crippen LogP contribution in [0.25, 0.3) is 11.1 Å². The number of likely N-dealkylation sites (tertiary alicyclic amines) is 2. The van der Waals surface area contributed by atoms with Gasteiger partial charge in [0.15, 0.2) is 0 Å². The molecule has 0 amide bonds. The van der Waals surface area contributed by atoms with Crippen molar-refractivity contribution in [2.45, 2.75) is 76.6 Å². The SMILES string of the molecule is FC(F)(F)C1(CN2CCC(COc3ccc(Br)cn3)CC2)CCC1.O=C(O)c1ccc(-c2ccc(OCC3CCN(CC4(C(F)(F)F)CCC4)CC3)nc2)cc1. The second kappa shape index (κ2) is 18.0. The summed E-state index contributed by atoms with van der Waals surface area (Å²) in [6.45, 7) is 4.15. The molecule has 0 atom stereocenters. The van der Waals surface area contributed by atoms with Crippen LogP contribution in [0.5, 0.6) is 11.8 Å². The van der Waals surface area contributed by atoms with Crippen LogP contribution in [0.1, 0.15) is 74.6 Å². The summed E-state index contributed by atoms with van der Waals surface area (Å²) in [5.74, 6) is 0.816. The average molecular weight is 856 g/mol. The van der Waals surface area contributed by atoms with E-state index in [1.807, 2.05) is 28.0 Å². The highest BCUT2D eigenvalue weighted by Gasteiger charge is 2.59. The number of aromatic carboxylic acids is 1. The Labute approximate surface area is 332 Å². The van der Waals surface area contributed by atoms with E-state index >= 15 is 0 Å². The van der Waals surface area contributed by atoms with Gasteiger partial charge >= 0.3 is 18.3 Å². The van der Waals surface area contributed by atoms with Gasteiger partial charge in [-0.25, -0.2) is 14.8 Å². The first-order valence-corrected chi connectivity index (χ1v) is 20.2. The number of nitrogens with zero attached hydrogens (tertiary/aromatic N) is 4. The summed E-state index contributed by atoms with van der Waals surface area (Å²) in [4.78, 5) is 23.4. The third-order valence-corrected chi connectivity index (χ3v) is 12.6. The maximum Gasteiger partial charge on any atom is 0.395 e. The second-order valence-electron chi connectivity index (χ2n) is 15.9. The molecule has 2 aliphatic carbocycles. The van der Waals surface area contributed by atoms with Crippen molar-refractivity contribution >= 4 is 21.9 Å². The lowest BCUT2D eigenvalue weighted by molar-refractivity contribution is -0.257. The van der Waals surface area contributed by atoms with Crippen LogP contribution in [-0.4, -0.2) is 95.7 Å². The lowest BCUT2D eigenvalue weighted by Crippen LogP contribution is -2.53. The minimum atomic E-state index is -4.11. The fourth-order valence-electron chi connectivity index (χ4n) is 8.04. The standard InChI is InChI=1S/C24H27F3N2O3.C17H22BrF3N2O/c25-24(26,27)23(10-1-11-23)16-29-12-8-17(9-13-29)15-32-21-7-6-20(14-28-21)18-2-4-19(5-3-18)22(30)31;18-14-2-3-15(22-10-14)24-11-13-4-8-23(9-5-13)12-16(6-1-7-16)17(19,20)21/h2-7,14,17H,1,8-13,15-16H2,(H,30,31);2-3,10,13H,1,4-9,11-12H2. The molecule has 2 saturated carbocycles. The van der Waals surface area contributed by atoms with Gasteiger partial charge in [0.2, 0.25) is 11.8 Å². The van der Waals surface area contributed by atoms with Gasteiger partial charge < -0.3 is 24.4 Å². The summed E-state index contributed by atoms with van der Waals surface area (Å²) >= 11 is 3.32. The normalized spacial score (nSPS) is 20.6. The van der Waals surface area contributed by atoms with Gasteiger partial charge in [0.1, 0.15) is 0 Å². The van der Waals surface area contributed by atoms with Crippen LogP contribution in [0.4, 0.5) is 26.3 Å². The highest BCUT2D eigenvalue weighted by atomic mass is 79.9. The summed E-state index contributed by atoms with van der Waals surface area (Å²) in [6, 6.07) is 13.9. The fourth-order valence-corrected chi connectivity index (χ4v) is 8.28. The molecular weight excluding hydrogens is 806 g/mol. The number of carboxylic acid groups (broad SMARTS) is 1. The molecule has 15 heteroatoms. The maximum atomic E-state index is 13.4. The molecule has 0 bridgehead atoms. The Morgan fingerprint density at radius 2 is 1.11 bits per heavy atom. The Kier molecular flexibility index (Phi) is 13.6. The number of benzene rings is 1. The van der Waals surface area contributed by atoms with Crippen LogP contribution in [0.3, 0.4) is 0 Å². The van der Waals surface area contributed by atoms with Gasteiger partial charge in [0.05, 0.1) is 29.6 Å². The zero-order chi connectivity index (χ0) is 40.0. The lowest BCUT2D eigenvalue weighted by atomic mass is 9.67. The highest BCUT2D eigenvalue weighted by Crippen LogP contribution is 2.54. The number of halogens is 7. The zero-order valence-corrected chi connectivity index (χ0v) is 32.8. The van der Waals surface area contributed by atoms with Crippen molar-refractivity contribution in [3.05, 3.63) is 71.0 Å². The number of hydrogen-bond donors (Lipinski definition) is 1. The monoisotopic (exact) mass is 854 g/mol. The van der Waals surface area contributed by atoms with Crippen LogP contribution in [0, 0.1) is 22.7 Å². The molecule has 56 heavy (non-hydrogen) atoms. The van der Waals surface area contributed by atoms with E-state index in [1.54, 1.807) is 42.7 Å². The number of aromatic nitrogens is 2. The van der Waals surface area contributed by atoms with Crippen molar-refractivity contribution < 1.29 is 45.7 Å². The molecule has 8 nitrogen and oxygen atoms in total. The Morgan fingerprint density at radius 3 is 1.45 bits per heavy atom. The molecule has 2 saturated heterocycles. The molecule has 0 spiro atoms. The zero-order valence-electron chi connectivity index (χ0n) is 31.3. The molecule has 0 unspecified atom stereocenters. The van der Waals surface area contributed by atoms with Crippen molar-refractivity contribution in [3.8, 4) is 22.9 Å². The largest absolute Gasteiger partial charge is 0.478 e. The van der Waals surface area contributed by atoms with E-state index in [-0.39, 0.29) is 44.3 Å². The van der Waals surface area contributed by atoms with Gasteiger partial charge in [-0.05, 0) is 135 Å². The molecule has 4 fully saturated rings. The van der Waals surface area contributed by atoms with Crippen LogP contribution in [-0.2, 0) is 0 Å². The molecule has 2 aromatic heterocycles. The molecule has 4 aliphatic rings. The number of alkyl halides is 6. The Balaban J connectivity index is 0.000000198. The van der Waals surface area contributed by atoms with E-state index in [4.69, 9.17) is 14.6 Å². The molecule has 7 rings (SSSR count). The van der Waals surface area contributed by atoms with Gasteiger partial charge in [-0.2, -0.15) is 26.3 Å². The summed E-state index contributed by atoms with van der Waals surface area (Å²) in [6.07, 6.45) is 1.04. The molecule has 4 heterocycles. The number of piperidine rings is 2. The summed E-state index contributed by atoms with van der Waals surface area (Å²) in [7, 11) is 0. The topological polar surface area (TPSA) is 88.0 Å². The molecule has 0 radical (unpaired) electrons. The Hall–Kier alpha value is -3.43. The lowest BCUT2D eigenvalue weighted by Gasteiger charge is -2.47. The van der Waals surface area contributed by atoms with E-state index in [9.17, 15) is 31.1 Å². The van der Waals surface area contributed by atoms with Gasteiger partial charge in [-0.3, -0.25) is 0 Å². The van der Waals surface area contributed by atoms with E-state index in [2.05, 4.69) is 25.9 Å². The van der Waals surface area contributed by atoms with Crippen LogP contribution in [0.15, 0.2) is 65.4 Å². The van der Waals surface area contributed by atoms with Crippen molar-refractivity contribution in [2.75, 3.05) is 52.5 Å². The van der Waals surface area contributed by atoms with Gasteiger partial charge in [-0.1, -0.05) is 25.0 Å². The number of rotatable bonds is 12. The number of pyridine rings is 2. The highest BCUT2D eigenvalue weighted by molar-refractivity contribution is 9.10. The summed E-state index contributed by atoms with van der Waals surface area (Å²) in [5, 5.41) is 8.98. The second-order valence-corrected chi connectivity index (χ2v) is 16.8. The average Bonchev–Trinajstić information content (AvgIpc) is 3.14. The smallest absolute Gasteiger partial charge is 0.395 e. The van der Waals surface area contributed by atoms with Gasteiger partial charge in [0.25, 0.3) is 0 Å². The molecule has 3 aromatic rings. The first kappa shape index (κ1) is 42.2. The first-order valence-electron chi connectivity index (χ1n) is 19.4. The van der Waals surface area contributed by atoms with Gasteiger partial charge in [0, 0.05) is 47.7 Å². The van der Waals surface area contributed by atoms with Crippen molar-refractivity contribution in [3.63, 3.8) is 0 Å². The summed E-state index contributed by atoms with van der Waals surface area (Å²) < 4.78 is 92.4. The van der Waals surface area contributed by atoms with Crippen molar-refractivity contribution in [1.29, 1.82) is 0 Å². The third kappa shape index (κ3) is 10.5. The van der Waals surface area contributed by atoms with Crippen LogP contribution < -0.4 is 9.47 Å². The molecule has 1 aromatic carbocycles. The van der Waals surface area contributed by atoms with Crippen LogP contribution >= 0.6 is 15.9 Å². The fraction of sp³-hybridized carbons (Fsp3) is 0.585. The van der Waals surface area contributed by atoms with E-state index in [0.717, 1.165) is 54.4 Å². The number of carboxylic acids is 1. The predicted octanol–water partition coefficient (Wildman–Crippen LogP) is 9.94. The minimum Gasteiger partial charge on any atom is -0.478 e. The molecular formula is C41H49BrF6N4O4. The maximum absolute atomic E-state index is 13.4. The van der Waals surface area contributed by atoms with E-state index < -0.39 is 29.2 Å². The van der Waals surface area contributed by atoms with Crippen molar-refractivity contribution in [2.24, 2.45) is 22.7 Å². The van der Waals surface area contributed by atoms with Gasteiger partial charge in [-0.15, -0.1) is 0 Å². The summed E-state index contributed by atoms with van der Waals surface area (Å²) in [5.41, 5.74) is -0.983. The molecule has 306 valence electrons. The predicted molar refractivity (Wildman–Crippen MR) is 203 cm³/mol. The Morgan fingerprint density at radius 1 is 0.679 bits per heavy atom. The number of ether oxygens (including phenoxy) is 2. The van der Waals surface area contributed by atoms with Crippen LogP contribution in [0.2, 0.25) is 0 Å². The van der Waals surface area contributed by atoms with E-state index in [0.29, 0.717) is 62.7 Å². The third-order valence-electron chi connectivity index (χ3n) is 12.1. The number of hydrogen-bond acceptors (Lipinski definition) is 7.